The van der Waals surface area contributed by atoms with Crippen molar-refractivity contribution in [3.8, 4) is 0 Å². The van der Waals surface area contributed by atoms with Gasteiger partial charge in [0.1, 0.15) is 0 Å². The van der Waals surface area contributed by atoms with Gasteiger partial charge in [-0.3, -0.25) is 9.89 Å². The van der Waals surface area contributed by atoms with E-state index in [1.165, 1.54) is 38.8 Å². The summed E-state index contributed by atoms with van der Waals surface area (Å²) in [4.78, 5) is 6.95. The summed E-state index contributed by atoms with van der Waals surface area (Å²) in [6.07, 6.45) is 5.46. The van der Waals surface area contributed by atoms with Gasteiger partial charge in [0.05, 0.1) is 0 Å². The molecule has 1 aliphatic carbocycles. The van der Waals surface area contributed by atoms with Crippen LogP contribution in [0.3, 0.4) is 0 Å². The van der Waals surface area contributed by atoms with Crippen LogP contribution in [0.2, 0.25) is 0 Å². The SMILES string of the molecule is CN=C(NCC1CC1)NCC(C)(C)N1CCCC(C)C1.I. The van der Waals surface area contributed by atoms with Crippen LogP contribution in [0.4, 0.5) is 0 Å². The summed E-state index contributed by atoms with van der Waals surface area (Å²) >= 11 is 0. The third kappa shape index (κ3) is 6.30. The summed E-state index contributed by atoms with van der Waals surface area (Å²) < 4.78 is 0. The van der Waals surface area contributed by atoms with Gasteiger partial charge in [0, 0.05) is 32.2 Å². The maximum absolute atomic E-state index is 4.33. The molecule has 0 aromatic rings. The average molecular weight is 408 g/mol. The molecule has 1 unspecified atom stereocenters. The predicted molar refractivity (Wildman–Crippen MR) is 102 cm³/mol. The number of piperidine rings is 1. The monoisotopic (exact) mass is 408 g/mol. The number of hydrogen-bond donors (Lipinski definition) is 2. The zero-order valence-corrected chi connectivity index (χ0v) is 16.4. The Kier molecular flexibility index (Phi) is 7.74. The lowest BCUT2D eigenvalue weighted by atomic mass is 9.93. The molecule has 0 amide bonds. The van der Waals surface area contributed by atoms with Gasteiger partial charge in [0.25, 0.3) is 0 Å². The van der Waals surface area contributed by atoms with Crippen molar-refractivity contribution in [2.45, 2.75) is 52.0 Å². The van der Waals surface area contributed by atoms with E-state index in [0.717, 1.165) is 30.9 Å². The van der Waals surface area contributed by atoms with E-state index in [-0.39, 0.29) is 29.5 Å². The van der Waals surface area contributed by atoms with Gasteiger partial charge in [0.2, 0.25) is 0 Å². The molecule has 0 radical (unpaired) electrons. The minimum Gasteiger partial charge on any atom is -0.356 e. The molecule has 2 aliphatic rings. The molecule has 1 heterocycles. The van der Waals surface area contributed by atoms with E-state index < -0.39 is 0 Å². The van der Waals surface area contributed by atoms with E-state index in [1.54, 1.807) is 0 Å². The van der Waals surface area contributed by atoms with Crippen LogP contribution in [-0.2, 0) is 0 Å². The first kappa shape index (κ1) is 19.0. The van der Waals surface area contributed by atoms with Crippen LogP contribution >= 0.6 is 24.0 Å². The average Bonchev–Trinajstić information content (AvgIpc) is 3.23. The number of nitrogens with one attached hydrogen (secondary N) is 2. The van der Waals surface area contributed by atoms with Crippen molar-refractivity contribution >= 4 is 29.9 Å². The van der Waals surface area contributed by atoms with Crippen molar-refractivity contribution in [1.82, 2.24) is 15.5 Å². The van der Waals surface area contributed by atoms with E-state index in [4.69, 9.17) is 0 Å². The molecule has 5 heteroatoms. The van der Waals surface area contributed by atoms with Crippen LogP contribution in [0.25, 0.3) is 0 Å². The molecule has 0 aromatic heterocycles. The van der Waals surface area contributed by atoms with E-state index in [9.17, 15) is 0 Å². The largest absolute Gasteiger partial charge is 0.356 e. The molecule has 0 aromatic carbocycles. The Morgan fingerprint density at radius 1 is 1.24 bits per heavy atom. The Morgan fingerprint density at radius 2 is 1.95 bits per heavy atom. The topological polar surface area (TPSA) is 39.7 Å². The molecule has 1 aliphatic heterocycles. The zero-order chi connectivity index (χ0) is 14.6. The van der Waals surface area contributed by atoms with Gasteiger partial charge in [0.15, 0.2) is 5.96 Å². The molecule has 0 bridgehead atoms. The van der Waals surface area contributed by atoms with Gasteiger partial charge in [-0.25, -0.2) is 0 Å². The lowest BCUT2D eigenvalue weighted by molar-refractivity contribution is 0.0739. The van der Waals surface area contributed by atoms with Crippen molar-refractivity contribution in [1.29, 1.82) is 0 Å². The first-order valence-corrected chi connectivity index (χ1v) is 8.21. The highest BCUT2D eigenvalue weighted by Gasteiger charge is 2.30. The number of nitrogens with zero attached hydrogens (tertiary/aromatic N) is 2. The van der Waals surface area contributed by atoms with Gasteiger partial charge in [-0.2, -0.15) is 0 Å². The Balaban J connectivity index is 0.00000220. The Morgan fingerprint density at radius 3 is 2.52 bits per heavy atom. The van der Waals surface area contributed by atoms with Crippen molar-refractivity contribution in [3.63, 3.8) is 0 Å². The number of aliphatic imine (C=N–C) groups is 1. The number of halogens is 1. The first-order valence-electron chi connectivity index (χ1n) is 8.21. The molecule has 124 valence electrons. The minimum absolute atomic E-state index is 0. The molecule has 2 rings (SSSR count). The molecule has 2 fully saturated rings. The minimum atomic E-state index is 0. The fourth-order valence-electron chi connectivity index (χ4n) is 2.93. The highest BCUT2D eigenvalue weighted by atomic mass is 127. The van der Waals surface area contributed by atoms with Crippen LogP contribution in [0.15, 0.2) is 4.99 Å². The molecule has 1 saturated heterocycles. The molecular weight excluding hydrogens is 375 g/mol. The maximum atomic E-state index is 4.33. The summed E-state index contributed by atoms with van der Waals surface area (Å²) in [6, 6.07) is 0. The molecule has 0 spiro atoms. The van der Waals surface area contributed by atoms with Crippen LogP contribution in [0.1, 0.15) is 46.5 Å². The molecule has 2 N–H and O–H groups in total. The van der Waals surface area contributed by atoms with Crippen LogP contribution in [-0.4, -0.2) is 49.6 Å². The molecular formula is C16H33IN4. The van der Waals surface area contributed by atoms with Crippen LogP contribution < -0.4 is 10.6 Å². The number of guanidine groups is 1. The summed E-state index contributed by atoms with van der Waals surface area (Å²) in [6.45, 7) is 11.5. The van der Waals surface area contributed by atoms with E-state index in [0.29, 0.717) is 0 Å². The predicted octanol–water partition coefficient (Wildman–Crippen LogP) is 2.69. The van der Waals surface area contributed by atoms with Gasteiger partial charge in [-0.15, -0.1) is 24.0 Å². The van der Waals surface area contributed by atoms with E-state index in [2.05, 4.69) is 41.3 Å². The Labute approximate surface area is 147 Å². The van der Waals surface area contributed by atoms with E-state index >= 15 is 0 Å². The molecule has 1 saturated carbocycles. The third-order valence-corrected chi connectivity index (χ3v) is 4.68. The molecule has 4 nitrogen and oxygen atoms in total. The fourth-order valence-corrected chi connectivity index (χ4v) is 2.93. The van der Waals surface area contributed by atoms with Crippen molar-refractivity contribution in [3.05, 3.63) is 0 Å². The maximum Gasteiger partial charge on any atom is 0.191 e. The van der Waals surface area contributed by atoms with Gasteiger partial charge in [-0.1, -0.05) is 6.92 Å². The van der Waals surface area contributed by atoms with Crippen LogP contribution in [0, 0.1) is 11.8 Å². The normalized spacial score (nSPS) is 24.4. The highest BCUT2D eigenvalue weighted by Crippen LogP contribution is 2.27. The van der Waals surface area contributed by atoms with Gasteiger partial charge >= 0.3 is 0 Å². The Bertz CT molecular complexity index is 339. The highest BCUT2D eigenvalue weighted by molar-refractivity contribution is 14.0. The van der Waals surface area contributed by atoms with Gasteiger partial charge < -0.3 is 10.6 Å². The Hall–Kier alpha value is -0.0400. The van der Waals surface area contributed by atoms with Crippen molar-refractivity contribution in [2.75, 3.05) is 33.2 Å². The second-order valence-electron chi connectivity index (χ2n) is 7.26. The summed E-state index contributed by atoms with van der Waals surface area (Å²) in [7, 11) is 1.86. The summed E-state index contributed by atoms with van der Waals surface area (Å²) in [5.41, 5.74) is 0.186. The third-order valence-electron chi connectivity index (χ3n) is 4.68. The summed E-state index contributed by atoms with van der Waals surface area (Å²) in [5.74, 6) is 2.66. The quantitative estimate of drug-likeness (QED) is 0.418. The molecule has 1 atom stereocenters. The number of rotatable bonds is 5. The van der Waals surface area contributed by atoms with Crippen molar-refractivity contribution in [2.24, 2.45) is 16.8 Å². The lowest BCUT2D eigenvalue weighted by Crippen LogP contribution is -2.56. The zero-order valence-electron chi connectivity index (χ0n) is 14.1. The smallest absolute Gasteiger partial charge is 0.191 e. The first-order chi connectivity index (χ1) is 9.51. The number of hydrogen-bond acceptors (Lipinski definition) is 2. The second-order valence-corrected chi connectivity index (χ2v) is 7.26. The molecule has 21 heavy (non-hydrogen) atoms. The number of likely N-dealkylation sites (tertiary alicyclic amines) is 1. The standard InChI is InChI=1S/C16H32N4.HI/c1-13-6-5-9-20(11-13)16(2,3)12-19-15(17-4)18-10-14-7-8-14;/h13-14H,5-12H2,1-4H3,(H2,17,18,19);1H. The van der Waals surface area contributed by atoms with Crippen molar-refractivity contribution < 1.29 is 0 Å². The fraction of sp³-hybridized carbons (Fsp3) is 0.938. The lowest BCUT2D eigenvalue weighted by Gasteiger charge is -2.43. The van der Waals surface area contributed by atoms with E-state index in [1.807, 2.05) is 7.05 Å². The summed E-state index contributed by atoms with van der Waals surface area (Å²) in [5, 5.41) is 6.94. The second kappa shape index (κ2) is 8.56. The van der Waals surface area contributed by atoms with Crippen LogP contribution in [0.5, 0.6) is 0 Å². The van der Waals surface area contributed by atoms with Gasteiger partial charge in [-0.05, 0) is 57.9 Å².